The van der Waals surface area contributed by atoms with Crippen LogP contribution < -0.4 is 11.0 Å². The minimum absolute atomic E-state index is 0.100. The first-order valence-electron chi connectivity index (χ1n) is 9.11. The first kappa shape index (κ1) is 16.1. The number of carbonyl (C=O) groups is 1. The summed E-state index contributed by atoms with van der Waals surface area (Å²) in [6.45, 7) is 0.827. The van der Waals surface area contributed by atoms with Gasteiger partial charge in [-0.1, -0.05) is 12.8 Å². The molecule has 0 bridgehead atoms. The minimum atomic E-state index is -0.100. The van der Waals surface area contributed by atoms with E-state index in [1.807, 2.05) is 12.1 Å². The van der Waals surface area contributed by atoms with Crippen molar-refractivity contribution in [3.63, 3.8) is 0 Å². The molecule has 0 radical (unpaired) electrons. The molecule has 25 heavy (non-hydrogen) atoms. The summed E-state index contributed by atoms with van der Waals surface area (Å²) >= 11 is 0. The van der Waals surface area contributed by atoms with Crippen LogP contribution in [0.5, 0.6) is 0 Å². The van der Waals surface area contributed by atoms with Gasteiger partial charge in [-0.25, -0.2) is 9.48 Å². The fraction of sp³-hybridized carbons (Fsp3) is 0.556. The molecule has 0 aliphatic heterocycles. The lowest BCUT2D eigenvalue weighted by atomic mass is 10.1. The lowest BCUT2D eigenvalue weighted by molar-refractivity contribution is -0.124. The first-order valence-corrected chi connectivity index (χ1v) is 9.11. The fourth-order valence-electron chi connectivity index (χ4n) is 3.54. The second-order valence-corrected chi connectivity index (χ2v) is 6.94. The molecule has 2 aliphatic carbocycles. The van der Waals surface area contributed by atoms with E-state index in [4.69, 9.17) is 0 Å². The zero-order valence-electron chi connectivity index (χ0n) is 14.2. The van der Waals surface area contributed by atoms with Gasteiger partial charge in [0.1, 0.15) is 0 Å². The zero-order chi connectivity index (χ0) is 17.2. The highest BCUT2D eigenvalue weighted by Gasteiger charge is 2.30. The highest BCUT2D eigenvalue weighted by molar-refractivity contribution is 5.78. The maximum atomic E-state index is 12.7. The molecule has 7 nitrogen and oxygen atoms in total. The molecular weight excluding hydrogens is 318 g/mol. The predicted molar refractivity (Wildman–Crippen MR) is 93.0 cm³/mol. The van der Waals surface area contributed by atoms with Gasteiger partial charge in [0.25, 0.3) is 0 Å². The molecule has 0 saturated heterocycles. The summed E-state index contributed by atoms with van der Waals surface area (Å²) in [4.78, 5) is 28.9. The maximum Gasteiger partial charge on any atom is 0.346 e. The largest absolute Gasteiger partial charge is 0.354 e. The van der Waals surface area contributed by atoms with E-state index in [1.54, 1.807) is 17.0 Å². The predicted octanol–water partition coefficient (Wildman–Crippen LogP) is 1.75. The average molecular weight is 341 g/mol. The molecule has 7 heteroatoms. The molecule has 0 aromatic carbocycles. The lowest BCUT2D eigenvalue weighted by Gasteiger charge is -2.09. The van der Waals surface area contributed by atoms with Crippen LogP contribution in [0.25, 0.3) is 11.4 Å². The van der Waals surface area contributed by atoms with Crippen molar-refractivity contribution >= 4 is 5.91 Å². The molecule has 2 fully saturated rings. The molecule has 2 aliphatic rings. The average Bonchev–Trinajstić information content (AvgIpc) is 3.20. The highest BCUT2D eigenvalue weighted by atomic mass is 16.2. The zero-order valence-corrected chi connectivity index (χ0v) is 14.2. The molecule has 4 rings (SSSR count). The van der Waals surface area contributed by atoms with Crippen LogP contribution in [0.2, 0.25) is 0 Å². The number of nitrogens with zero attached hydrogens (tertiary/aromatic N) is 4. The quantitative estimate of drug-likeness (QED) is 0.868. The van der Waals surface area contributed by atoms with Crippen molar-refractivity contribution in [3.8, 4) is 11.4 Å². The summed E-state index contributed by atoms with van der Waals surface area (Å²) in [6, 6.07) is 4.00. The Bertz CT molecular complexity index is 801. The molecule has 2 saturated carbocycles. The van der Waals surface area contributed by atoms with Crippen LogP contribution in [-0.4, -0.2) is 31.8 Å². The van der Waals surface area contributed by atoms with Crippen molar-refractivity contribution in [2.24, 2.45) is 5.92 Å². The van der Waals surface area contributed by atoms with Gasteiger partial charge in [0.05, 0.1) is 6.54 Å². The third-order valence-electron chi connectivity index (χ3n) is 5.05. The van der Waals surface area contributed by atoms with Gasteiger partial charge in [-0.15, -0.1) is 5.10 Å². The molecule has 2 aromatic rings. The second-order valence-electron chi connectivity index (χ2n) is 6.94. The highest BCUT2D eigenvalue weighted by Crippen LogP contribution is 2.36. The Morgan fingerprint density at radius 3 is 2.72 bits per heavy atom. The summed E-state index contributed by atoms with van der Waals surface area (Å²) < 4.78 is 3.24. The molecule has 0 atom stereocenters. The smallest absolute Gasteiger partial charge is 0.346 e. The van der Waals surface area contributed by atoms with Gasteiger partial charge in [0.15, 0.2) is 5.82 Å². The number of pyridine rings is 1. The van der Waals surface area contributed by atoms with Crippen molar-refractivity contribution in [2.45, 2.75) is 51.1 Å². The molecule has 132 valence electrons. The SMILES string of the molecule is O=C(NCCn1nc(-c2cccnc2)n(C2CC2)c1=O)C1CCCC1. The van der Waals surface area contributed by atoms with Crippen molar-refractivity contribution in [1.82, 2.24) is 24.6 Å². The molecular formula is C18H23N5O2. The van der Waals surface area contributed by atoms with Crippen molar-refractivity contribution < 1.29 is 4.79 Å². The molecule has 0 spiro atoms. The van der Waals surface area contributed by atoms with Gasteiger partial charge in [0, 0.05) is 36.5 Å². The number of aromatic nitrogens is 4. The Balaban J connectivity index is 1.48. The summed E-state index contributed by atoms with van der Waals surface area (Å²) in [5.74, 6) is 0.925. The van der Waals surface area contributed by atoms with Crippen LogP contribution in [0.15, 0.2) is 29.3 Å². The van der Waals surface area contributed by atoms with Crippen LogP contribution in [0.1, 0.15) is 44.6 Å². The number of amides is 1. The third-order valence-corrected chi connectivity index (χ3v) is 5.05. The molecule has 2 heterocycles. The Hall–Kier alpha value is -2.44. The minimum Gasteiger partial charge on any atom is -0.354 e. The van der Waals surface area contributed by atoms with Gasteiger partial charge in [0.2, 0.25) is 5.91 Å². The van der Waals surface area contributed by atoms with E-state index in [2.05, 4.69) is 15.4 Å². The van der Waals surface area contributed by atoms with Crippen LogP contribution in [0.4, 0.5) is 0 Å². The third kappa shape index (κ3) is 3.36. The summed E-state index contributed by atoms with van der Waals surface area (Å²) in [6.07, 6.45) is 9.69. The lowest BCUT2D eigenvalue weighted by Crippen LogP contribution is -2.34. The van der Waals surface area contributed by atoms with Crippen LogP contribution in [0.3, 0.4) is 0 Å². The Labute approximate surface area is 146 Å². The number of hydrogen-bond acceptors (Lipinski definition) is 4. The van der Waals surface area contributed by atoms with Gasteiger partial charge in [-0.05, 0) is 37.8 Å². The van der Waals surface area contributed by atoms with E-state index in [0.717, 1.165) is 44.1 Å². The van der Waals surface area contributed by atoms with Crippen molar-refractivity contribution in [1.29, 1.82) is 0 Å². The summed E-state index contributed by atoms with van der Waals surface area (Å²) in [5, 5.41) is 7.46. The second kappa shape index (κ2) is 6.82. The Kier molecular flexibility index (Phi) is 4.38. The number of nitrogens with one attached hydrogen (secondary N) is 1. The van der Waals surface area contributed by atoms with E-state index in [0.29, 0.717) is 18.9 Å². The maximum absolute atomic E-state index is 12.7. The standard InChI is InChI=1S/C18H23N5O2/c24-17(13-4-1-2-5-13)20-10-11-22-18(25)23(15-7-8-15)16(21-22)14-6-3-9-19-12-14/h3,6,9,12-13,15H,1-2,4-5,7-8,10-11H2,(H,20,24). The molecule has 2 aromatic heterocycles. The monoisotopic (exact) mass is 341 g/mol. The van der Waals surface area contributed by atoms with Crippen LogP contribution >= 0.6 is 0 Å². The number of carbonyl (C=O) groups excluding carboxylic acids is 1. The van der Waals surface area contributed by atoms with Crippen LogP contribution in [0, 0.1) is 5.92 Å². The Morgan fingerprint density at radius 2 is 2.04 bits per heavy atom. The van der Waals surface area contributed by atoms with E-state index in [-0.39, 0.29) is 23.6 Å². The Morgan fingerprint density at radius 1 is 1.24 bits per heavy atom. The first-order chi connectivity index (χ1) is 12.2. The molecule has 1 amide bonds. The topological polar surface area (TPSA) is 81.8 Å². The molecule has 1 N–H and O–H groups in total. The number of rotatable bonds is 6. The van der Waals surface area contributed by atoms with E-state index in [9.17, 15) is 9.59 Å². The molecule has 0 unspecified atom stereocenters. The summed E-state index contributed by atoms with van der Waals surface area (Å²) in [5.41, 5.74) is 0.747. The normalized spacial score (nSPS) is 17.8. The summed E-state index contributed by atoms with van der Waals surface area (Å²) in [7, 11) is 0. The van der Waals surface area contributed by atoms with Gasteiger partial charge in [-0.3, -0.25) is 14.3 Å². The van der Waals surface area contributed by atoms with Crippen molar-refractivity contribution in [3.05, 3.63) is 35.0 Å². The fourth-order valence-corrected chi connectivity index (χ4v) is 3.54. The van der Waals surface area contributed by atoms with Crippen molar-refractivity contribution in [2.75, 3.05) is 6.54 Å². The van der Waals surface area contributed by atoms with E-state index in [1.165, 1.54) is 4.68 Å². The van der Waals surface area contributed by atoms with Crippen LogP contribution in [-0.2, 0) is 11.3 Å². The number of hydrogen-bond donors (Lipinski definition) is 1. The van der Waals surface area contributed by atoms with E-state index >= 15 is 0 Å². The van der Waals surface area contributed by atoms with Gasteiger partial charge < -0.3 is 5.32 Å². The van der Waals surface area contributed by atoms with Gasteiger partial charge in [-0.2, -0.15) is 0 Å². The van der Waals surface area contributed by atoms with E-state index < -0.39 is 0 Å². The van der Waals surface area contributed by atoms with Gasteiger partial charge >= 0.3 is 5.69 Å².